The van der Waals surface area contributed by atoms with Gasteiger partial charge in [-0.2, -0.15) is 0 Å². The first-order chi connectivity index (χ1) is 7.75. The molecule has 0 bridgehead atoms. The smallest absolute Gasteiger partial charge is 0.124 e. The molecule has 1 rings (SSSR count). The lowest BCUT2D eigenvalue weighted by Crippen LogP contribution is -2.08. The Bertz CT molecular complexity index is 297. The van der Waals surface area contributed by atoms with E-state index in [1.165, 1.54) is 19.3 Å². The van der Waals surface area contributed by atoms with Crippen molar-refractivity contribution in [3.8, 4) is 5.75 Å². The summed E-state index contributed by atoms with van der Waals surface area (Å²) in [5.41, 5.74) is 6.98. The van der Waals surface area contributed by atoms with E-state index in [-0.39, 0.29) is 6.04 Å². The monoisotopic (exact) mass is 221 g/mol. The molecule has 1 atom stereocenters. The Labute approximate surface area is 98.8 Å². The molecule has 2 heteroatoms. The van der Waals surface area contributed by atoms with Gasteiger partial charge in [-0.25, -0.2) is 0 Å². The molecule has 2 nitrogen and oxygen atoms in total. The molecule has 0 amide bonds. The molecule has 0 saturated carbocycles. The minimum atomic E-state index is 0.0341. The molecular weight excluding hydrogens is 198 g/mol. The fraction of sp³-hybridized carbons (Fsp3) is 0.571. The Kier molecular flexibility index (Phi) is 5.94. The van der Waals surface area contributed by atoms with E-state index in [1.54, 1.807) is 0 Å². The second kappa shape index (κ2) is 7.29. The normalized spacial score (nSPS) is 12.4. The van der Waals surface area contributed by atoms with Gasteiger partial charge in [-0.05, 0) is 19.4 Å². The average Bonchev–Trinajstić information content (AvgIpc) is 2.29. The first-order valence-corrected chi connectivity index (χ1v) is 6.23. The van der Waals surface area contributed by atoms with Crippen molar-refractivity contribution in [3.05, 3.63) is 29.8 Å². The zero-order valence-corrected chi connectivity index (χ0v) is 10.4. The second-order valence-corrected chi connectivity index (χ2v) is 4.24. The summed E-state index contributed by atoms with van der Waals surface area (Å²) in [5.74, 6) is 0.939. The fourth-order valence-electron chi connectivity index (χ4n) is 1.70. The third-order valence-corrected chi connectivity index (χ3v) is 2.67. The number of hydrogen-bond acceptors (Lipinski definition) is 2. The topological polar surface area (TPSA) is 35.2 Å². The van der Waals surface area contributed by atoms with Crippen LogP contribution in [0.1, 0.15) is 51.1 Å². The summed E-state index contributed by atoms with van der Waals surface area (Å²) >= 11 is 0. The SMILES string of the molecule is CCCCCCOc1ccccc1[C@H](C)N. The van der Waals surface area contributed by atoms with Crippen molar-refractivity contribution in [2.75, 3.05) is 6.61 Å². The number of para-hydroxylation sites is 1. The summed E-state index contributed by atoms with van der Waals surface area (Å²) in [6.07, 6.45) is 4.92. The predicted molar refractivity (Wildman–Crippen MR) is 68.7 cm³/mol. The Morgan fingerprint density at radius 2 is 1.94 bits per heavy atom. The first-order valence-electron chi connectivity index (χ1n) is 6.23. The zero-order chi connectivity index (χ0) is 11.8. The van der Waals surface area contributed by atoms with Crippen LogP contribution in [-0.4, -0.2) is 6.61 Å². The van der Waals surface area contributed by atoms with E-state index < -0.39 is 0 Å². The predicted octanol–water partition coefficient (Wildman–Crippen LogP) is 3.67. The van der Waals surface area contributed by atoms with Crippen LogP contribution in [0.4, 0.5) is 0 Å². The van der Waals surface area contributed by atoms with Crippen LogP contribution in [0.25, 0.3) is 0 Å². The van der Waals surface area contributed by atoms with Gasteiger partial charge in [0.05, 0.1) is 6.61 Å². The van der Waals surface area contributed by atoms with Gasteiger partial charge < -0.3 is 10.5 Å². The van der Waals surface area contributed by atoms with E-state index in [2.05, 4.69) is 6.92 Å². The van der Waals surface area contributed by atoms with E-state index >= 15 is 0 Å². The summed E-state index contributed by atoms with van der Waals surface area (Å²) < 4.78 is 5.77. The molecule has 1 aromatic carbocycles. The standard InChI is InChI=1S/C14H23NO/c1-3-4-5-8-11-16-14-10-7-6-9-13(14)12(2)15/h6-7,9-10,12H,3-5,8,11,15H2,1-2H3/t12-/m0/s1. The highest BCUT2D eigenvalue weighted by atomic mass is 16.5. The molecular formula is C14H23NO. The number of unbranched alkanes of at least 4 members (excludes halogenated alkanes) is 3. The molecule has 16 heavy (non-hydrogen) atoms. The van der Waals surface area contributed by atoms with Crippen LogP contribution in [0.3, 0.4) is 0 Å². The third kappa shape index (κ3) is 4.23. The lowest BCUT2D eigenvalue weighted by molar-refractivity contribution is 0.301. The van der Waals surface area contributed by atoms with Gasteiger partial charge in [0.1, 0.15) is 5.75 Å². The van der Waals surface area contributed by atoms with Crippen LogP contribution in [0.2, 0.25) is 0 Å². The minimum Gasteiger partial charge on any atom is -0.493 e. The fourth-order valence-corrected chi connectivity index (χ4v) is 1.70. The summed E-state index contributed by atoms with van der Waals surface area (Å²) in [7, 11) is 0. The quantitative estimate of drug-likeness (QED) is 0.713. The Balaban J connectivity index is 2.41. The maximum atomic E-state index is 5.89. The minimum absolute atomic E-state index is 0.0341. The van der Waals surface area contributed by atoms with Gasteiger partial charge in [-0.1, -0.05) is 44.4 Å². The number of nitrogens with two attached hydrogens (primary N) is 1. The van der Waals surface area contributed by atoms with E-state index in [9.17, 15) is 0 Å². The van der Waals surface area contributed by atoms with Gasteiger partial charge in [0.15, 0.2) is 0 Å². The van der Waals surface area contributed by atoms with Crippen LogP contribution in [0.5, 0.6) is 5.75 Å². The zero-order valence-electron chi connectivity index (χ0n) is 10.4. The van der Waals surface area contributed by atoms with Crippen molar-refractivity contribution in [2.24, 2.45) is 5.73 Å². The Morgan fingerprint density at radius 3 is 2.62 bits per heavy atom. The van der Waals surface area contributed by atoms with Crippen molar-refractivity contribution in [2.45, 2.75) is 45.6 Å². The molecule has 0 aromatic heterocycles. The van der Waals surface area contributed by atoms with Crippen molar-refractivity contribution < 1.29 is 4.74 Å². The average molecular weight is 221 g/mol. The van der Waals surface area contributed by atoms with Gasteiger partial charge in [-0.15, -0.1) is 0 Å². The van der Waals surface area contributed by atoms with Gasteiger partial charge >= 0.3 is 0 Å². The highest BCUT2D eigenvalue weighted by Gasteiger charge is 2.06. The molecule has 0 aliphatic heterocycles. The molecule has 0 saturated heterocycles. The number of benzene rings is 1. The molecule has 1 aromatic rings. The van der Waals surface area contributed by atoms with Gasteiger partial charge in [0.2, 0.25) is 0 Å². The highest BCUT2D eigenvalue weighted by Crippen LogP contribution is 2.23. The van der Waals surface area contributed by atoms with Crippen LogP contribution in [0, 0.1) is 0 Å². The molecule has 90 valence electrons. The summed E-state index contributed by atoms with van der Waals surface area (Å²) in [6.45, 7) is 5.00. The molecule has 0 fully saturated rings. The third-order valence-electron chi connectivity index (χ3n) is 2.67. The van der Waals surface area contributed by atoms with Crippen molar-refractivity contribution in [1.29, 1.82) is 0 Å². The van der Waals surface area contributed by atoms with E-state index in [0.717, 1.165) is 24.3 Å². The lowest BCUT2D eigenvalue weighted by atomic mass is 10.1. The lowest BCUT2D eigenvalue weighted by Gasteiger charge is -2.13. The van der Waals surface area contributed by atoms with Crippen LogP contribution in [0.15, 0.2) is 24.3 Å². The van der Waals surface area contributed by atoms with E-state index in [0.29, 0.717) is 0 Å². The van der Waals surface area contributed by atoms with Crippen molar-refractivity contribution in [1.82, 2.24) is 0 Å². The maximum Gasteiger partial charge on any atom is 0.124 e. The van der Waals surface area contributed by atoms with Gasteiger partial charge in [0, 0.05) is 11.6 Å². The molecule has 0 spiro atoms. The maximum absolute atomic E-state index is 5.89. The van der Waals surface area contributed by atoms with Gasteiger partial charge in [0.25, 0.3) is 0 Å². The summed E-state index contributed by atoms with van der Waals surface area (Å²) in [5, 5.41) is 0. The summed E-state index contributed by atoms with van der Waals surface area (Å²) in [4.78, 5) is 0. The Hall–Kier alpha value is -1.02. The number of ether oxygens (including phenoxy) is 1. The van der Waals surface area contributed by atoms with E-state index in [1.807, 2.05) is 31.2 Å². The molecule has 2 N–H and O–H groups in total. The molecule has 0 aliphatic rings. The van der Waals surface area contributed by atoms with Gasteiger partial charge in [-0.3, -0.25) is 0 Å². The first kappa shape index (κ1) is 13.0. The van der Waals surface area contributed by atoms with E-state index in [4.69, 9.17) is 10.5 Å². The molecule has 0 heterocycles. The van der Waals surface area contributed by atoms with Crippen LogP contribution < -0.4 is 10.5 Å². The van der Waals surface area contributed by atoms with Crippen molar-refractivity contribution >= 4 is 0 Å². The van der Waals surface area contributed by atoms with Crippen LogP contribution >= 0.6 is 0 Å². The number of hydrogen-bond donors (Lipinski definition) is 1. The van der Waals surface area contributed by atoms with Crippen molar-refractivity contribution in [3.63, 3.8) is 0 Å². The highest BCUT2D eigenvalue weighted by molar-refractivity contribution is 5.35. The van der Waals surface area contributed by atoms with Crippen LogP contribution in [-0.2, 0) is 0 Å². The molecule has 0 radical (unpaired) electrons. The molecule has 0 unspecified atom stereocenters. The number of rotatable bonds is 7. The Morgan fingerprint density at radius 1 is 1.19 bits per heavy atom. The second-order valence-electron chi connectivity index (χ2n) is 4.24. The molecule has 0 aliphatic carbocycles. The summed E-state index contributed by atoms with van der Waals surface area (Å²) in [6, 6.07) is 8.06. The largest absolute Gasteiger partial charge is 0.493 e.